The number of hydrogen-bond acceptors (Lipinski definition) is 7. The summed E-state index contributed by atoms with van der Waals surface area (Å²) in [5, 5.41) is 13.3. The van der Waals surface area contributed by atoms with Crippen LogP contribution in [-0.4, -0.2) is 44.4 Å². The van der Waals surface area contributed by atoms with Gasteiger partial charge >= 0.3 is 0 Å². The molecule has 9 heteroatoms. The molecular formula is C23H25N7OS. The lowest BCUT2D eigenvalue weighted by atomic mass is 10.1. The van der Waals surface area contributed by atoms with E-state index in [0.29, 0.717) is 17.9 Å². The van der Waals surface area contributed by atoms with E-state index < -0.39 is 0 Å². The van der Waals surface area contributed by atoms with Gasteiger partial charge in [-0.25, -0.2) is 4.98 Å². The van der Waals surface area contributed by atoms with Crippen molar-refractivity contribution in [2.45, 2.75) is 38.4 Å². The number of aliphatic imine (C=N–C) groups is 1. The minimum absolute atomic E-state index is 0.0884. The van der Waals surface area contributed by atoms with E-state index in [1.165, 1.54) is 16.1 Å². The Bertz CT molecular complexity index is 1150. The van der Waals surface area contributed by atoms with Gasteiger partial charge in [-0.3, -0.25) is 14.9 Å². The van der Waals surface area contributed by atoms with Gasteiger partial charge in [0.25, 0.3) is 5.91 Å². The topological polar surface area (TPSA) is 98.3 Å². The second-order valence-electron chi connectivity index (χ2n) is 8.04. The predicted octanol–water partition coefficient (Wildman–Crippen LogP) is 3.06. The number of amidine groups is 1. The molecular weight excluding hydrogens is 422 g/mol. The Balaban J connectivity index is 1.43. The molecule has 0 fully saturated rings. The number of carbonyl (C=O) groups excluding carboxylic acids is 1. The Kier molecular flexibility index (Phi) is 5.48. The van der Waals surface area contributed by atoms with E-state index in [-0.39, 0.29) is 24.0 Å². The van der Waals surface area contributed by atoms with Crippen molar-refractivity contribution in [3.63, 3.8) is 0 Å². The molecule has 0 spiro atoms. The molecule has 0 saturated heterocycles. The second kappa shape index (κ2) is 8.58. The number of amides is 1. The summed E-state index contributed by atoms with van der Waals surface area (Å²) in [6.45, 7) is 4.65. The molecule has 5 rings (SSSR count). The molecule has 8 nitrogen and oxygen atoms in total. The summed E-state index contributed by atoms with van der Waals surface area (Å²) in [6, 6.07) is 4.25. The molecule has 0 aromatic carbocycles. The number of H-pyrrole nitrogens is 1. The molecule has 2 aliphatic heterocycles. The summed E-state index contributed by atoms with van der Waals surface area (Å²) >= 11 is 1.77. The highest BCUT2D eigenvalue weighted by Gasteiger charge is 2.35. The minimum atomic E-state index is -0.286. The van der Waals surface area contributed by atoms with Crippen molar-refractivity contribution >= 4 is 23.1 Å². The summed E-state index contributed by atoms with van der Waals surface area (Å²) < 4.78 is 0. The fourth-order valence-electron chi connectivity index (χ4n) is 4.02. The van der Waals surface area contributed by atoms with E-state index in [4.69, 9.17) is 4.99 Å². The van der Waals surface area contributed by atoms with Crippen LogP contribution in [0.3, 0.4) is 0 Å². The van der Waals surface area contributed by atoms with Gasteiger partial charge in [-0.05, 0) is 38.5 Å². The van der Waals surface area contributed by atoms with Crippen molar-refractivity contribution in [2.24, 2.45) is 4.99 Å². The normalized spacial score (nSPS) is 22.7. The number of rotatable bonds is 6. The number of aromatic amines is 1. The van der Waals surface area contributed by atoms with E-state index in [1.807, 2.05) is 31.4 Å². The third-order valence-electron chi connectivity index (χ3n) is 5.68. The van der Waals surface area contributed by atoms with Gasteiger partial charge in [-0.1, -0.05) is 24.3 Å². The summed E-state index contributed by atoms with van der Waals surface area (Å²) in [4.78, 5) is 26.8. The third kappa shape index (κ3) is 4.03. The zero-order valence-corrected chi connectivity index (χ0v) is 18.8. The molecule has 32 heavy (non-hydrogen) atoms. The maximum absolute atomic E-state index is 13.2. The maximum atomic E-state index is 13.2. The zero-order valence-electron chi connectivity index (χ0n) is 17.9. The number of thiophene rings is 1. The van der Waals surface area contributed by atoms with Crippen LogP contribution in [0.1, 0.15) is 41.0 Å². The van der Waals surface area contributed by atoms with Crippen LogP contribution in [0.25, 0.3) is 0 Å². The highest BCUT2D eigenvalue weighted by atomic mass is 32.1. The standard InChI is InChI=1S/C23H25N7OS/c1-14-8-9-20(32-14)19-11-24-22-18(28-17-6-4-3-5-7-17)10-16(12-30(19)22)23(31)27-15(2)21-25-13-26-29-21/h3-6,8-10,12-13,15,17,19,28H,7,11H2,1-2H3,(H,27,31)(H,25,26,29). The quantitative estimate of drug-likeness (QED) is 0.632. The number of aryl methyl sites for hydroxylation is 1. The fraction of sp³-hybridized carbons (Fsp3) is 0.304. The molecule has 3 atom stereocenters. The molecule has 164 valence electrons. The zero-order chi connectivity index (χ0) is 22.1. The first-order valence-corrected chi connectivity index (χ1v) is 11.5. The number of fused-ring (bicyclic) bond motifs is 1. The molecule has 1 aliphatic carbocycles. The van der Waals surface area contributed by atoms with E-state index in [9.17, 15) is 4.79 Å². The van der Waals surface area contributed by atoms with E-state index in [2.05, 4.69) is 61.9 Å². The Morgan fingerprint density at radius 3 is 2.97 bits per heavy atom. The van der Waals surface area contributed by atoms with Crippen molar-refractivity contribution in [1.82, 2.24) is 30.7 Å². The van der Waals surface area contributed by atoms with Gasteiger partial charge < -0.3 is 15.5 Å². The lowest BCUT2D eigenvalue weighted by Gasteiger charge is -2.31. The largest absolute Gasteiger partial charge is 0.376 e. The van der Waals surface area contributed by atoms with Crippen molar-refractivity contribution < 1.29 is 4.79 Å². The first-order valence-electron chi connectivity index (χ1n) is 10.7. The summed E-state index contributed by atoms with van der Waals surface area (Å²) in [5.74, 6) is 1.33. The molecule has 0 saturated carbocycles. The molecule has 0 bridgehead atoms. The number of carbonyl (C=O) groups is 1. The Hall–Kier alpha value is -3.46. The van der Waals surface area contributed by atoms with Gasteiger partial charge in [0.2, 0.25) is 0 Å². The van der Waals surface area contributed by atoms with Crippen LogP contribution < -0.4 is 10.6 Å². The van der Waals surface area contributed by atoms with E-state index in [0.717, 1.165) is 18.0 Å². The summed E-state index contributed by atoms with van der Waals surface area (Å²) in [5.41, 5.74) is 1.44. The van der Waals surface area contributed by atoms with Crippen LogP contribution in [-0.2, 0) is 4.79 Å². The van der Waals surface area contributed by atoms with Crippen LogP contribution in [0.5, 0.6) is 0 Å². The second-order valence-corrected chi connectivity index (χ2v) is 9.36. The molecule has 2 aromatic heterocycles. The Morgan fingerprint density at radius 1 is 1.34 bits per heavy atom. The van der Waals surface area contributed by atoms with Crippen LogP contribution >= 0.6 is 11.3 Å². The monoisotopic (exact) mass is 447 g/mol. The highest BCUT2D eigenvalue weighted by Crippen LogP contribution is 2.35. The number of nitrogens with one attached hydrogen (secondary N) is 3. The summed E-state index contributed by atoms with van der Waals surface area (Å²) in [6.07, 6.45) is 14.5. The number of nitrogens with zero attached hydrogens (tertiary/aromatic N) is 4. The van der Waals surface area contributed by atoms with Crippen molar-refractivity contribution in [3.8, 4) is 0 Å². The summed E-state index contributed by atoms with van der Waals surface area (Å²) in [7, 11) is 0. The number of allylic oxidation sites excluding steroid dienone is 2. The van der Waals surface area contributed by atoms with Gasteiger partial charge in [0.15, 0.2) is 5.84 Å². The smallest absolute Gasteiger partial charge is 0.253 e. The van der Waals surface area contributed by atoms with Gasteiger partial charge in [0.05, 0.1) is 29.9 Å². The maximum Gasteiger partial charge on any atom is 0.253 e. The predicted molar refractivity (Wildman–Crippen MR) is 125 cm³/mol. The average molecular weight is 448 g/mol. The van der Waals surface area contributed by atoms with Gasteiger partial charge in [0, 0.05) is 22.0 Å². The molecule has 3 unspecified atom stereocenters. The minimum Gasteiger partial charge on any atom is -0.376 e. The SMILES string of the molecule is Cc1ccc(C2CN=C3C(NC4C=CC=CC4)=CC(C(=O)NC(C)c4ncn[nH]4)=CN32)s1. The van der Waals surface area contributed by atoms with Crippen LogP contribution in [0.2, 0.25) is 0 Å². The molecule has 4 heterocycles. The molecule has 1 amide bonds. The molecule has 2 aromatic rings. The highest BCUT2D eigenvalue weighted by molar-refractivity contribution is 7.12. The third-order valence-corrected chi connectivity index (χ3v) is 6.78. The van der Waals surface area contributed by atoms with E-state index >= 15 is 0 Å². The number of aromatic nitrogens is 3. The van der Waals surface area contributed by atoms with E-state index in [1.54, 1.807) is 11.3 Å². The lowest BCUT2D eigenvalue weighted by molar-refractivity contribution is -0.117. The molecule has 3 N–H and O–H groups in total. The average Bonchev–Trinajstić information content (AvgIpc) is 3.55. The Labute approximate surface area is 190 Å². The van der Waals surface area contributed by atoms with Gasteiger partial charge in [-0.2, -0.15) is 5.10 Å². The van der Waals surface area contributed by atoms with Crippen molar-refractivity contribution in [2.75, 3.05) is 6.54 Å². The Morgan fingerprint density at radius 2 is 2.25 bits per heavy atom. The van der Waals surface area contributed by atoms with Crippen LogP contribution in [0.4, 0.5) is 0 Å². The lowest BCUT2D eigenvalue weighted by Crippen LogP contribution is -2.40. The van der Waals surface area contributed by atoms with Crippen LogP contribution in [0.15, 0.2) is 71.3 Å². The van der Waals surface area contributed by atoms with Gasteiger partial charge in [-0.15, -0.1) is 11.3 Å². The van der Waals surface area contributed by atoms with Crippen molar-refractivity contribution in [3.05, 3.63) is 81.9 Å². The number of hydrogen-bond donors (Lipinski definition) is 3. The molecule has 0 radical (unpaired) electrons. The fourth-order valence-corrected chi connectivity index (χ4v) is 4.99. The molecule has 3 aliphatic rings. The van der Waals surface area contributed by atoms with Gasteiger partial charge in [0.1, 0.15) is 12.2 Å². The first kappa shape index (κ1) is 20.4. The first-order chi connectivity index (χ1) is 15.6. The van der Waals surface area contributed by atoms with Crippen LogP contribution in [0, 0.1) is 6.92 Å². The van der Waals surface area contributed by atoms with Crippen molar-refractivity contribution in [1.29, 1.82) is 0 Å².